The molecule has 1 saturated heterocycles. The summed E-state index contributed by atoms with van der Waals surface area (Å²) in [4.78, 5) is 15.2. The molecule has 0 spiro atoms. The Morgan fingerprint density at radius 1 is 1.54 bits per heavy atom. The van der Waals surface area contributed by atoms with E-state index < -0.39 is 5.60 Å². The Balaban J connectivity index is 2.31. The third-order valence-electron chi connectivity index (χ3n) is 2.35. The zero-order chi connectivity index (χ0) is 9.31. The van der Waals surface area contributed by atoms with Gasteiger partial charge in [-0.25, -0.2) is 0 Å². The number of rotatable bonds is 1. The molecular formula is C10H11NO2. The lowest BCUT2D eigenvalue weighted by Gasteiger charge is -2.21. The highest BCUT2D eigenvalue weighted by Crippen LogP contribution is 2.34. The fourth-order valence-electron chi connectivity index (χ4n) is 1.55. The van der Waals surface area contributed by atoms with Gasteiger partial charge < -0.3 is 4.74 Å². The van der Waals surface area contributed by atoms with E-state index in [1.807, 2.05) is 25.1 Å². The molecule has 1 aromatic heterocycles. The summed E-state index contributed by atoms with van der Waals surface area (Å²) in [5, 5.41) is 0. The van der Waals surface area contributed by atoms with Crippen LogP contribution >= 0.6 is 0 Å². The van der Waals surface area contributed by atoms with Crippen LogP contribution in [0, 0.1) is 0 Å². The van der Waals surface area contributed by atoms with E-state index >= 15 is 0 Å². The van der Waals surface area contributed by atoms with Crippen molar-refractivity contribution in [3.63, 3.8) is 0 Å². The first-order valence-electron chi connectivity index (χ1n) is 4.34. The van der Waals surface area contributed by atoms with Crippen molar-refractivity contribution in [3.8, 4) is 0 Å². The van der Waals surface area contributed by atoms with E-state index in [0.717, 1.165) is 12.1 Å². The van der Waals surface area contributed by atoms with Gasteiger partial charge in [-0.1, -0.05) is 6.07 Å². The lowest BCUT2D eigenvalue weighted by Crippen LogP contribution is -2.22. The van der Waals surface area contributed by atoms with E-state index in [0.29, 0.717) is 6.42 Å². The first-order valence-corrected chi connectivity index (χ1v) is 4.34. The number of carbonyl (C=O) groups excluding carboxylic acids is 1. The predicted molar refractivity (Wildman–Crippen MR) is 46.9 cm³/mol. The smallest absolute Gasteiger partial charge is 0.306 e. The van der Waals surface area contributed by atoms with Gasteiger partial charge in [0.05, 0.1) is 5.69 Å². The number of aromatic nitrogens is 1. The average molecular weight is 177 g/mol. The summed E-state index contributed by atoms with van der Waals surface area (Å²) in [7, 11) is 0. The first-order chi connectivity index (χ1) is 6.21. The molecule has 1 atom stereocenters. The molecule has 1 aliphatic heterocycles. The molecule has 3 nitrogen and oxygen atoms in total. The third-order valence-corrected chi connectivity index (χ3v) is 2.35. The van der Waals surface area contributed by atoms with Crippen LogP contribution in [0.25, 0.3) is 0 Å². The van der Waals surface area contributed by atoms with Crippen LogP contribution in [-0.2, 0) is 15.1 Å². The molecule has 2 heterocycles. The van der Waals surface area contributed by atoms with E-state index in [1.165, 1.54) is 0 Å². The van der Waals surface area contributed by atoms with E-state index in [9.17, 15) is 4.79 Å². The highest BCUT2D eigenvalue weighted by atomic mass is 16.6. The molecule has 1 aromatic rings. The van der Waals surface area contributed by atoms with Crippen molar-refractivity contribution in [1.82, 2.24) is 4.98 Å². The molecule has 1 aliphatic rings. The van der Waals surface area contributed by atoms with Crippen LogP contribution in [0.2, 0.25) is 0 Å². The standard InChI is InChI=1S/C10H11NO2/c1-10(6-5-9(12)13-10)8-4-2-3-7-11-8/h2-4,7H,5-6H2,1H3. The van der Waals surface area contributed by atoms with Gasteiger partial charge in [-0.15, -0.1) is 0 Å². The lowest BCUT2D eigenvalue weighted by molar-refractivity contribution is -0.148. The van der Waals surface area contributed by atoms with Crippen molar-refractivity contribution < 1.29 is 9.53 Å². The van der Waals surface area contributed by atoms with Crippen molar-refractivity contribution in [3.05, 3.63) is 30.1 Å². The largest absolute Gasteiger partial charge is 0.453 e. The summed E-state index contributed by atoms with van der Waals surface area (Å²) in [5.41, 5.74) is 0.332. The number of cyclic esters (lactones) is 1. The Morgan fingerprint density at radius 2 is 2.38 bits per heavy atom. The molecule has 0 aromatic carbocycles. The summed E-state index contributed by atoms with van der Waals surface area (Å²) < 4.78 is 5.23. The van der Waals surface area contributed by atoms with Crippen LogP contribution in [0.15, 0.2) is 24.4 Å². The molecule has 0 amide bonds. The summed E-state index contributed by atoms with van der Waals surface area (Å²) >= 11 is 0. The molecule has 0 saturated carbocycles. The van der Waals surface area contributed by atoms with Gasteiger partial charge in [0.2, 0.25) is 0 Å². The topological polar surface area (TPSA) is 39.2 Å². The molecule has 1 unspecified atom stereocenters. The fourth-order valence-corrected chi connectivity index (χ4v) is 1.55. The maximum absolute atomic E-state index is 11.0. The van der Waals surface area contributed by atoms with Crippen LogP contribution in [0.3, 0.4) is 0 Å². The van der Waals surface area contributed by atoms with Crippen molar-refractivity contribution in [2.45, 2.75) is 25.4 Å². The van der Waals surface area contributed by atoms with Gasteiger partial charge in [-0.3, -0.25) is 9.78 Å². The summed E-state index contributed by atoms with van der Waals surface area (Å²) in [6.45, 7) is 1.90. The Bertz CT molecular complexity index is 323. The SMILES string of the molecule is CC1(c2ccccn2)CCC(=O)O1. The molecule has 2 rings (SSSR count). The van der Waals surface area contributed by atoms with Gasteiger partial charge in [0, 0.05) is 19.0 Å². The average Bonchev–Trinajstić information content (AvgIpc) is 2.49. The van der Waals surface area contributed by atoms with Crippen molar-refractivity contribution in [2.24, 2.45) is 0 Å². The highest BCUT2D eigenvalue weighted by Gasteiger charge is 2.38. The number of esters is 1. The molecule has 0 N–H and O–H groups in total. The van der Waals surface area contributed by atoms with Crippen molar-refractivity contribution in [1.29, 1.82) is 0 Å². The van der Waals surface area contributed by atoms with Gasteiger partial charge >= 0.3 is 5.97 Å². The van der Waals surface area contributed by atoms with Crippen molar-refractivity contribution in [2.75, 3.05) is 0 Å². The molecule has 13 heavy (non-hydrogen) atoms. The van der Waals surface area contributed by atoms with Crippen LogP contribution in [0.1, 0.15) is 25.5 Å². The number of nitrogens with zero attached hydrogens (tertiary/aromatic N) is 1. The molecule has 1 fully saturated rings. The zero-order valence-electron chi connectivity index (χ0n) is 7.49. The van der Waals surface area contributed by atoms with Gasteiger partial charge in [0.15, 0.2) is 5.60 Å². The number of carbonyl (C=O) groups is 1. The normalized spacial score (nSPS) is 27.3. The molecule has 68 valence electrons. The maximum atomic E-state index is 11.0. The highest BCUT2D eigenvalue weighted by molar-refractivity contribution is 5.72. The quantitative estimate of drug-likeness (QED) is 0.612. The number of hydrogen-bond acceptors (Lipinski definition) is 3. The summed E-state index contributed by atoms with van der Waals surface area (Å²) in [6.07, 6.45) is 2.93. The van der Waals surface area contributed by atoms with E-state index in [-0.39, 0.29) is 5.97 Å². The van der Waals surface area contributed by atoms with Crippen LogP contribution in [-0.4, -0.2) is 11.0 Å². The Hall–Kier alpha value is -1.38. The molecule has 3 heteroatoms. The van der Waals surface area contributed by atoms with Crippen LogP contribution < -0.4 is 0 Å². The minimum absolute atomic E-state index is 0.131. The minimum atomic E-state index is -0.502. The maximum Gasteiger partial charge on any atom is 0.306 e. The second-order valence-corrected chi connectivity index (χ2v) is 3.42. The summed E-state index contributed by atoms with van der Waals surface area (Å²) in [5.74, 6) is -0.131. The van der Waals surface area contributed by atoms with Crippen molar-refractivity contribution >= 4 is 5.97 Å². The number of ether oxygens (including phenoxy) is 1. The molecule has 0 aliphatic carbocycles. The number of pyridine rings is 1. The zero-order valence-corrected chi connectivity index (χ0v) is 7.49. The van der Waals surface area contributed by atoms with E-state index in [1.54, 1.807) is 6.20 Å². The second-order valence-electron chi connectivity index (χ2n) is 3.42. The van der Waals surface area contributed by atoms with Gasteiger partial charge in [-0.05, 0) is 19.1 Å². The predicted octanol–water partition coefficient (Wildman–Crippen LogP) is 1.63. The lowest BCUT2D eigenvalue weighted by atomic mass is 9.98. The van der Waals surface area contributed by atoms with Gasteiger partial charge in [0.25, 0.3) is 0 Å². The van der Waals surface area contributed by atoms with E-state index in [2.05, 4.69) is 4.98 Å². The Kier molecular flexibility index (Phi) is 1.79. The van der Waals surface area contributed by atoms with Crippen LogP contribution in [0.4, 0.5) is 0 Å². The van der Waals surface area contributed by atoms with Gasteiger partial charge in [0.1, 0.15) is 0 Å². The van der Waals surface area contributed by atoms with Gasteiger partial charge in [-0.2, -0.15) is 0 Å². The summed E-state index contributed by atoms with van der Waals surface area (Å²) in [6, 6.07) is 5.64. The minimum Gasteiger partial charge on any atom is -0.453 e. The molecular weight excluding hydrogens is 166 g/mol. The fraction of sp³-hybridized carbons (Fsp3) is 0.400. The van der Waals surface area contributed by atoms with Crippen LogP contribution in [0.5, 0.6) is 0 Å². The van der Waals surface area contributed by atoms with E-state index in [4.69, 9.17) is 4.74 Å². The molecule has 0 radical (unpaired) electrons. The Labute approximate surface area is 76.7 Å². The first kappa shape index (κ1) is 8.23. The second kappa shape index (κ2) is 2.83. The molecule has 0 bridgehead atoms. The Morgan fingerprint density at radius 3 is 2.92 bits per heavy atom. The third kappa shape index (κ3) is 1.41. The number of hydrogen-bond donors (Lipinski definition) is 0. The monoisotopic (exact) mass is 177 g/mol.